The summed E-state index contributed by atoms with van der Waals surface area (Å²) in [5.74, 6) is -0.368. The van der Waals surface area contributed by atoms with Gasteiger partial charge in [0.15, 0.2) is 6.61 Å². The molecule has 1 aromatic rings. The maximum absolute atomic E-state index is 11.7. The van der Waals surface area contributed by atoms with Gasteiger partial charge in [-0.2, -0.15) is 0 Å². The van der Waals surface area contributed by atoms with Crippen LogP contribution < -0.4 is 15.8 Å². The number of ether oxygens (including phenoxy) is 1. The number of likely N-dealkylation sites (N-methyl/N-ethyl adjacent to an activating group) is 1. The first-order valence-electron chi connectivity index (χ1n) is 6.51. The van der Waals surface area contributed by atoms with Gasteiger partial charge in [-0.15, -0.1) is 0 Å². The molecule has 0 saturated carbocycles. The first kappa shape index (κ1) is 15.0. The van der Waals surface area contributed by atoms with E-state index in [0.717, 1.165) is 10.5 Å². The minimum absolute atomic E-state index is 0.164. The van der Waals surface area contributed by atoms with E-state index in [1.54, 1.807) is 12.1 Å². The normalized spacial score (nSPS) is 18.1. The number of carbonyl (C=O) groups is 3. The number of amides is 3. The van der Waals surface area contributed by atoms with E-state index in [1.807, 2.05) is 12.1 Å². The third-order valence-electron chi connectivity index (χ3n) is 3.24. The van der Waals surface area contributed by atoms with Crippen LogP contribution in [0.3, 0.4) is 0 Å². The highest BCUT2D eigenvalue weighted by Gasteiger charge is 2.35. The molecule has 1 heterocycles. The molecule has 3 N–H and O–H groups in total. The molecule has 0 aromatic heterocycles. The fourth-order valence-corrected chi connectivity index (χ4v) is 2.01. The van der Waals surface area contributed by atoms with Gasteiger partial charge >= 0.3 is 0 Å². The second-order valence-corrected chi connectivity index (χ2v) is 4.83. The molecule has 1 atom stereocenters. The highest BCUT2D eigenvalue weighted by Crippen LogP contribution is 2.14. The number of nitrogens with zero attached hydrogens (tertiary/aromatic N) is 1. The molecule has 112 valence electrons. The smallest absolute Gasteiger partial charge is 0.255 e. The van der Waals surface area contributed by atoms with Gasteiger partial charge in [0.25, 0.3) is 5.91 Å². The Kier molecular flexibility index (Phi) is 4.54. The number of nitrogens with two attached hydrogens (primary N) is 1. The van der Waals surface area contributed by atoms with E-state index in [1.165, 1.54) is 7.05 Å². The Morgan fingerprint density at radius 1 is 1.38 bits per heavy atom. The molecule has 0 spiro atoms. The quantitative estimate of drug-likeness (QED) is 0.681. The van der Waals surface area contributed by atoms with Crippen LogP contribution in [-0.4, -0.2) is 42.3 Å². The second kappa shape index (κ2) is 6.36. The van der Waals surface area contributed by atoms with Crippen LogP contribution in [0.5, 0.6) is 5.75 Å². The zero-order chi connectivity index (χ0) is 15.4. The van der Waals surface area contributed by atoms with Gasteiger partial charge in [-0.05, 0) is 17.7 Å². The predicted octanol–water partition coefficient (Wildman–Crippen LogP) is -0.602. The number of hydrogen-bond acceptors (Lipinski definition) is 5. The maximum Gasteiger partial charge on any atom is 0.255 e. The van der Waals surface area contributed by atoms with Crippen LogP contribution in [0.4, 0.5) is 0 Å². The van der Waals surface area contributed by atoms with Gasteiger partial charge in [0, 0.05) is 13.6 Å². The van der Waals surface area contributed by atoms with Crippen molar-refractivity contribution in [3.63, 3.8) is 0 Å². The summed E-state index contributed by atoms with van der Waals surface area (Å²) >= 11 is 0. The van der Waals surface area contributed by atoms with E-state index >= 15 is 0 Å². The SMILES string of the molecule is CN1C(=O)CC(NCc2ccc(OCC(N)=O)cc2)C1=O. The van der Waals surface area contributed by atoms with Crippen LogP contribution in [0.15, 0.2) is 24.3 Å². The summed E-state index contributed by atoms with van der Waals surface area (Å²) in [6.45, 7) is 0.302. The number of carbonyl (C=O) groups excluding carboxylic acids is 3. The average Bonchev–Trinajstić information content (AvgIpc) is 2.71. The molecule has 1 aliphatic rings. The van der Waals surface area contributed by atoms with Crippen molar-refractivity contribution in [2.45, 2.75) is 19.0 Å². The zero-order valence-electron chi connectivity index (χ0n) is 11.7. The Bertz CT molecular complexity index is 556. The van der Waals surface area contributed by atoms with Crippen molar-refractivity contribution in [1.82, 2.24) is 10.2 Å². The number of hydrogen-bond donors (Lipinski definition) is 2. The number of rotatable bonds is 6. The monoisotopic (exact) mass is 291 g/mol. The molecular formula is C14H17N3O4. The highest BCUT2D eigenvalue weighted by atomic mass is 16.5. The van der Waals surface area contributed by atoms with Gasteiger partial charge in [0.1, 0.15) is 5.75 Å². The second-order valence-electron chi connectivity index (χ2n) is 4.83. The van der Waals surface area contributed by atoms with E-state index in [0.29, 0.717) is 12.3 Å². The molecule has 7 nitrogen and oxygen atoms in total. The van der Waals surface area contributed by atoms with Gasteiger partial charge < -0.3 is 15.8 Å². The minimum atomic E-state index is -0.533. The Hall–Kier alpha value is -2.41. The van der Waals surface area contributed by atoms with E-state index in [9.17, 15) is 14.4 Å². The van der Waals surface area contributed by atoms with Gasteiger partial charge in [-0.3, -0.25) is 19.3 Å². The molecule has 1 aromatic carbocycles. The molecule has 0 bridgehead atoms. The third kappa shape index (κ3) is 3.79. The van der Waals surface area contributed by atoms with Crippen molar-refractivity contribution >= 4 is 17.7 Å². The molecule has 1 saturated heterocycles. The van der Waals surface area contributed by atoms with Crippen molar-refractivity contribution in [1.29, 1.82) is 0 Å². The zero-order valence-corrected chi connectivity index (χ0v) is 11.7. The maximum atomic E-state index is 11.7. The molecule has 1 unspecified atom stereocenters. The fourth-order valence-electron chi connectivity index (χ4n) is 2.01. The summed E-state index contributed by atoms with van der Waals surface area (Å²) in [5.41, 5.74) is 5.93. The van der Waals surface area contributed by atoms with E-state index in [2.05, 4.69) is 5.32 Å². The van der Waals surface area contributed by atoms with E-state index in [-0.39, 0.29) is 24.8 Å². The first-order valence-corrected chi connectivity index (χ1v) is 6.51. The van der Waals surface area contributed by atoms with Crippen LogP contribution in [0.1, 0.15) is 12.0 Å². The van der Waals surface area contributed by atoms with Crippen LogP contribution in [0.2, 0.25) is 0 Å². The lowest BCUT2D eigenvalue weighted by Crippen LogP contribution is -2.36. The van der Waals surface area contributed by atoms with Crippen molar-refractivity contribution in [3.05, 3.63) is 29.8 Å². The van der Waals surface area contributed by atoms with Crippen molar-refractivity contribution < 1.29 is 19.1 Å². The van der Waals surface area contributed by atoms with Gasteiger partial charge in [-0.1, -0.05) is 12.1 Å². The molecule has 21 heavy (non-hydrogen) atoms. The Labute approximate surface area is 122 Å². The highest BCUT2D eigenvalue weighted by molar-refractivity contribution is 6.05. The summed E-state index contributed by atoms with van der Waals surface area (Å²) in [4.78, 5) is 34.8. The predicted molar refractivity (Wildman–Crippen MR) is 74.2 cm³/mol. The number of imide groups is 1. The molecular weight excluding hydrogens is 274 g/mol. The first-order chi connectivity index (χ1) is 9.97. The van der Waals surface area contributed by atoms with Gasteiger partial charge in [0.05, 0.1) is 12.5 Å². The van der Waals surface area contributed by atoms with Crippen LogP contribution in [-0.2, 0) is 20.9 Å². The Balaban J connectivity index is 1.85. The summed E-state index contributed by atoms with van der Waals surface area (Å²) < 4.78 is 5.15. The molecule has 3 amide bonds. The lowest BCUT2D eigenvalue weighted by Gasteiger charge is -2.11. The Morgan fingerprint density at radius 3 is 2.57 bits per heavy atom. The van der Waals surface area contributed by atoms with E-state index < -0.39 is 11.9 Å². The number of likely N-dealkylation sites (tertiary alicyclic amines) is 1. The minimum Gasteiger partial charge on any atom is -0.484 e. The van der Waals surface area contributed by atoms with Crippen LogP contribution in [0, 0.1) is 0 Å². The summed E-state index contributed by atoms with van der Waals surface area (Å²) in [6, 6.07) is 6.59. The molecule has 2 rings (SSSR count). The fraction of sp³-hybridized carbons (Fsp3) is 0.357. The summed E-state index contributed by atoms with van der Waals surface area (Å²) in [6.07, 6.45) is 0.190. The van der Waals surface area contributed by atoms with Crippen molar-refractivity contribution in [2.24, 2.45) is 5.73 Å². The van der Waals surface area contributed by atoms with Crippen LogP contribution in [0.25, 0.3) is 0 Å². The molecule has 0 aliphatic carbocycles. The number of nitrogens with one attached hydrogen (secondary N) is 1. The van der Waals surface area contributed by atoms with Crippen LogP contribution >= 0.6 is 0 Å². The number of benzene rings is 1. The molecule has 0 radical (unpaired) electrons. The van der Waals surface area contributed by atoms with Crippen molar-refractivity contribution in [2.75, 3.05) is 13.7 Å². The van der Waals surface area contributed by atoms with Crippen molar-refractivity contribution in [3.8, 4) is 5.75 Å². The molecule has 1 fully saturated rings. The number of primary amides is 1. The summed E-state index contributed by atoms with van der Waals surface area (Å²) in [7, 11) is 1.48. The molecule has 7 heteroatoms. The van der Waals surface area contributed by atoms with E-state index in [4.69, 9.17) is 10.5 Å². The van der Waals surface area contributed by atoms with Gasteiger partial charge in [0.2, 0.25) is 11.8 Å². The summed E-state index contributed by atoms with van der Waals surface area (Å²) in [5, 5.41) is 3.05. The largest absolute Gasteiger partial charge is 0.484 e. The Morgan fingerprint density at radius 2 is 2.05 bits per heavy atom. The standard InChI is InChI=1S/C14H17N3O4/c1-17-13(19)6-11(14(17)20)16-7-9-2-4-10(5-3-9)21-8-12(15)18/h2-5,11,16H,6-8H2,1H3,(H2,15,18). The lowest BCUT2D eigenvalue weighted by molar-refractivity contribution is -0.137. The third-order valence-corrected chi connectivity index (χ3v) is 3.24. The molecule has 1 aliphatic heterocycles. The van der Waals surface area contributed by atoms with Gasteiger partial charge in [-0.25, -0.2) is 0 Å². The average molecular weight is 291 g/mol. The topological polar surface area (TPSA) is 102 Å². The lowest BCUT2D eigenvalue weighted by atomic mass is 10.2.